The van der Waals surface area contributed by atoms with Crippen molar-refractivity contribution in [3.63, 3.8) is 0 Å². The van der Waals surface area contributed by atoms with Crippen LogP contribution in [0.3, 0.4) is 0 Å². The number of fused-ring (bicyclic) bond motifs is 3. The molecule has 1 saturated heterocycles. The van der Waals surface area contributed by atoms with Crippen LogP contribution in [0.15, 0.2) is 54.6 Å². The normalized spacial score (nSPS) is 37.9. The first kappa shape index (κ1) is 20.1. The van der Waals surface area contributed by atoms with Gasteiger partial charge in [0.05, 0.1) is 0 Å². The zero-order chi connectivity index (χ0) is 19.7. The second kappa shape index (κ2) is 7.81. The summed E-state index contributed by atoms with van der Waals surface area (Å²) in [5.41, 5.74) is 4.41. The molecule has 3 heteroatoms. The van der Waals surface area contributed by atoms with Crippen LogP contribution in [-0.2, 0) is 0 Å². The minimum absolute atomic E-state index is 0. The van der Waals surface area contributed by atoms with E-state index in [9.17, 15) is 0 Å². The van der Waals surface area contributed by atoms with Crippen molar-refractivity contribution >= 4 is 23.8 Å². The van der Waals surface area contributed by atoms with Gasteiger partial charge in [-0.1, -0.05) is 36.4 Å². The maximum atomic E-state index is 2.87. The second-order valence-corrected chi connectivity index (χ2v) is 11.1. The lowest BCUT2D eigenvalue weighted by Gasteiger charge is -2.55. The second-order valence-electron chi connectivity index (χ2n) is 11.1. The van der Waals surface area contributed by atoms with Crippen LogP contribution in [0.5, 0.6) is 0 Å². The van der Waals surface area contributed by atoms with Gasteiger partial charge in [-0.3, -0.25) is 0 Å². The van der Waals surface area contributed by atoms with Gasteiger partial charge in [-0.05, 0) is 91.9 Å². The molecule has 2 nitrogen and oxygen atoms in total. The van der Waals surface area contributed by atoms with Crippen molar-refractivity contribution in [2.45, 2.75) is 50.5 Å². The predicted molar refractivity (Wildman–Crippen MR) is 130 cm³/mol. The summed E-state index contributed by atoms with van der Waals surface area (Å²) in [6.45, 7) is 3.92. The fraction of sp³-hybridized carbons (Fsp3) is 0.571. The number of nitrogens with zero attached hydrogens (tertiary/aromatic N) is 2. The van der Waals surface area contributed by atoms with Gasteiger partial charge in [0.15, 0.2) is 0 Å². The Hall–Kier alpha value is -1.51. The zero-order valence-corrected chi connectivity index (χ0v) is 19.2. The summed E-state index contributed by atoms with van der Waals surface area (Å²) in [6.07, 6.45) is 9.09. The number of para-hydroxylation sites is 2. The summed E-state index contributed by atoms with van der Waals surface area (Å²) in [7, 11) is 0. The number of hydrogen-bond donors (Lipinski definition) is 0. The fourth-order valence-electron chi connectivity index (χ4n) is 8.54. The van der Waals surface area contributed by atoms with E-state index in [1.165, 1.54) is 37.4 Å². The lowest BCUT2D eigenvalue weighted by atomic mass is 9.52. The minimum Gasteiger partial charge on any atom is -0.337 e. The van der Waals surface area contributed by atoms with E-state index in [4.69, 9.17) is 0 Å². The largest absolute Gasteiger partial charge is 0.337 e. The Morgan fingerprint density at radius 2 is 1.45 bits per heavy atom. The minimum atomic E-state index is 0. The molecule has 2 aromatic carbocycles. The third kappa shape index (κ3) is 3.25. The molecule has 6 aliphatic rings. The van der Waals surface area contributed by atoms with Gasteiger partial charge in [-0.15, -0.1) is 12.4 Å². The van der Waals surface area contributed by atoms with Crippen molar-refractivity contribution < 1.29 is 0 Å². The maximum Gasteiger partial charge on any atom is 0.0450 e. The van der Waals surface area contributed by atoms with Crippen molar-refractivity contribution in [1.82, 2.24) is 4.90 Å². The molecule has 5 fully saturated rings. The molecule has 4 saturated carbocycles. The highest BCUT2D eigenvalue weighted by molar-refractivity contribution is 5.85. The third-order valence-corrected chi connectivity index (χ3v) is 9.51. The number of rotatable bonds is 3. The van der Waals surface area contributed by atoms with Gasteiger partial charge in [0.25, 0.3) is 0 Å². The molecule has 4 aliphatic carbocycles. The van der Waals surface area contributed by atoms with Crippen LogP contribution < -0.4 is 4.90 Å². The van der Waals surface area contributed by atoms with E-state index in [-0.39, 0.29) is 12.4 Å². The number of hydrogen-bond acceptors (Lipinski definition) is 2. The zero-order valence-electron chi connectivity index (χ0n) is 18.4. The number of piperidine rings is 1. The molecule has 2 aromatic rings. The fourth-order valence-corrected chi connectivity index (χ4v) is 8.54. The number of benzene rings is 2. The topological polar surface area (TPSA) is 6.48 Å². The Labute approximate surface area is 193 Å². The average Bonchev–Trinajstić information content (AvgIpc) is 3.10. The molecule has 8 rings (SSSR count). The predicted octanol–water partition coefficient (Wildman–Crippen LogP) is 6.49. The van der Waals surface area contributed by atoms with E-state index in [1.54, 1.807) is 37.7 Å². The standard InChI is InChI=1S/C28H34N2.ClH/c1-2-6-23(7-3-1)30-27-9-5-4-8-24(27)26-18-29(11-10-28(26)30)17-25-21-13-19-12-20(15-21)16-22(25)14-19;/h1-9,19-22,25-26,28H,10-18H2;1H/t19?,20?,21?,22?,25?,26-,28+;/m0./s1. The van der Waals surface area contributed by atoms with Crippen LogP contribution in [0.25, 0.3) is 0 Å². The Morgan fingerprint density at radius 1 is 0.774 bits per heavy atom. The quantitative estimate of drug-likeness (QED) is 0.544. The van der Waals surface area contributed by atoms with Gasteiger partial charge < -0.3 is 9.80 Å². The molecule has 0 amide bonds. The SMILES string of the molecule is Cl.c1ccc(N2c3ccccc3[C@@H]3CN(CC4C5CC6CC(C5)CC4C6)CC[C@H]32)cc1. The van der Waals surface area contributed by atoms with Gasteiger partial charge in [-0.25, -0.2) is 0 Å². The first-order valence-electron chi connectivity index (χ1n) is 12.5. The monoisotopic (exact) mass is 434 g/mol. The highest BCUT2D eigenvalue weighted by atomic mass is 35.5. The van der Waals surface area contributed by atoms with E-state index >= 15 is 0 Å². The van der Waals surface area contributed by atoms with Crippen molar-refractivity contribution in [2.24, 2.45) is 29.6 Å². The summed E-state index contributed by atoms with van der Waals surface area (Å²) in [4.78, 5) is 5.53. The molecule has 31 heavy (non-hydrogen) atoms. The van der Waals surface area contributed by atoms with Crippen LogP contribution in [-0.4, -0.2) is 30.6 Å². The van der Waals surface area contributed by atoms with Crippen LogP contribution in [0.2, 0.25) is 0 Å². The van der Waals surface area contributed by atoms with Gasteiger partial charge in [-0.2, -0.15) is 0 Å². The first-order chi connectivity index (χ1) is 14.8. The highest BCUT2D eigenvalue weighted by Crippen LogP contribution is 2.57. The molecular weight excluding hydrogens is 400 g/mol. The maximum absolute atomic E-state index is 2.87. The summed E-state index contributed by atoms with van der Waals surface area (Å²) in [6, 6.07) is 20.9. The van der Waals surface area contributed by atoms with Crippen molar-refractivity contribution in [1.29, 1.82) is 0 Å². The van der Waals surface area contributed by atoms with Crippen molar-refractivity contribution in [2.75, 3.05) is 24.5 Å². The Bertz CT molecular complexity index is 900. The Kier molecular flexibility index (Phi) is 5.07. The molecule has 0 unspecified atom stereocenters. The van der Waals surface area contributed by atoms with Crippen molar-refractivity contribution in [3.05, 3.63) is 60.2 Å². The van der Waals surface area contributed by atoms with Gasteiger partial charge >= 0.3 is 0 Å². The Morgan fingerprint density at radius 3 is 2.19 bits per heavy atom. The number of anilines is 2. The van der Waals surface area contributed by atoms with Gasteiger partial charge in [0, 0.05) is 43.0 Å². The smallest absolute Gasteiger partial charge is 0.0450 e. The van der Waals surface area contributed by atoms with E-state index in [0.29, 0.717) is 12.0 Å². The number of likely N-dealkylation sites (tertiary alicyclic amines) is 1. The molecule has 0 N–H and O–H groups in total. The van der Waals surface area contributed by atoms with Crippen molar-refractivity contribution in [3.8, 4) is 0 Å². The molecule has 0 spiro atoms. The molecule has 164 valence electrons. The molecular formula is C28H35ClN2. The average molecular weight is 435 g/mol. The van der Waals surface area contributed by atoms with E-state index < -0.39 is 0 Å². The number of halogens is 1. The summed E-state index contributed by atoms with van der Waals surface area (Å²) >= 11 is 0. The lowest BCUT2D eigenvalue weighted by Crippen LogP contribution is -2.52. The molecule has 2 atom stereocenters. The van der Waals surface area contributed by atoms with Crippen LogP contribution in [0, 0.1) is 29.6 Å². The van der Waals surface area contributed by atoms with Crippen LogP contribution >= 0.6 is 12.4 Å². The highest BCUT2D eigenvalue weighted by Gasteiger charge is 2.49. The van der Waals surface area contributed by atoms with Gasteiger partial charge in [0.2, 0.25) is 0 Å². The Balaban J connectivity index is 0.00000185. The third-order valence-electron chi connectivity index (χ3n) is 9.51. The summed E-state index contributed by atoms with van der Waals surface area (Å²) in [5, 5.41) is 0. The molecule has 0 radical (unpaired) electrons. The molecule has 4 bridgehead atoms. The summed E-state index contributed by atoms with van der Waals surface area (Å²) < 4.78 is 0. The molecule has 0 aromatic heterocycles. The molecule has 2 aliphatic heterocycles. The van der Waals surface area contributed by atoms with E-state index in [2.05, 4.69) is 64.4 Å². The van der Waals surface area contributed by atoms with Crippen LogP contribution in [0.4, 0.5) is 11.4 Å². The van der Waals surface area contributed by atoms with E-state index in [1.807, 2.05) is 0 Å². The van der Waals surface area contributed by atoms with Gasteiger partial charge in [0.1, 0.15) is 0 Å². The first-order valence-corrected chi connectivity index (χ1v) is 12.5. The molecule has 2 heterocycles. The summed E-state index contributed by atoms with van der Waals surface area (Å²) in [5.74, 6) is 5.95. The van der Waals surface area contributed by atoms with E-state index in [0.717, 1.165) is 29.6 Å². The van der Waals surface area contributed by atoms with Crippen LogP contribution in [0.1, 0.15) is 50.0 Å². The lowest BCUT2D eigenvalue weighted by molar-refractivity contribution is -0.0515.